The Labute approximate surface area is 147 Å². The average molecular weight is 361 g/mol. The second-order valence-electron chi connectivity index (χ2n) is 8.76. The van der Waals surface area contributed by atoms with E-state index in [-0.39, 0.29) is 31.7 Å². The van der Waals surface area contributed by atoms with E-state index in [0.717, 1.165) is 12.8 Å². The predicted molar refractivity (Wildman–Crippen MR) is 88.6 cm³/mol. The lowest BCUT2D eigenvalue weighted by Gasteiger charge is -2.32. The Hall–Kier alpha value is -1.40. The number of alkyl halides is 2. The Balaban J connectivity index is 2.05. The molecule has 2 unspecified atom stereocenters. The third kappa shape index (κ3) is 6.12. The maximum Gasteiger partial charge on any atom is 0.407 e. The minimum absolute atomic E-state index is 0.0875. The van der Waals surface area contributed by atoms with Crippen LogP contribution in [0.25, 0.3) is 0 Å². The molecule has 7 heteroatoms. The number of hydrogen-bond acceptors (Lipinski definition) is 3. The van der Waals surface area contributed by atoms with E-state index in [1.807, 2.05) is 0 Å². The Morgan fingerprint density at radius 3 is 2.20 bits per heavy atom. The summed E-state index contributed by atoms with van der Waals surface area (Å²) in [6.45, 7) is 5.08. The fourth-order valence-electron chi connectivity index (χ4n) is 3.68. The first-order valence-corrected chi connectivity index (χ1v) is 8.99. The van der Waals surface area contributed by atoms with Crippen molar-refractivity contribution in [3.8, 4) is 0 Å². The number of carbonyl (C=O) groups is 2. The van der Waals surface area contributed by atoms with Crippen molar-refractivity contribution in [3.63, 3.8) is 0 Å². The average Bonchev–Trinajstić information content (AvgIpc) is 3.17. The van der Waals surface area contributed by atoms with E-state index >= 15 is 0 Å². The third-order valence-corrected chi connectivity index (χ3v) is 4.99. The van der Waals surface area contributed by atoms with Crippen molar-refractivity contribution in [1.29, 1.82) is 0 Å². The number of alkyl carbamates (subject to hydrolysis) is 1. The van der Waals surface area contributed by atoms with Crippen LogP contribution in [0.2, 0.25) is 0 Å². The van der Waals surface area contributed by atoms with Crippen LogP contribution in [0.5, 0.6) is 0 Å². The van der Waals surface area contributed by atoms with E-state index in [1.165, 1.54) is 0 Å². The normalized spacial score (nSPS) is 25.2. The van der Waals surface area contributed by atoms with Crippen molar-refractivity contribution >= 4 is 12.1 Å². The van der Waals surface area contributed by atoms with Gasteiger partial charge >= 0.3 is 12.1 Å². The van der Waals surface area contributed by atoms with E-state index in [1.54, 1.807) is 20.8 Å². The molecule has 1 amide bonds. The zero-order valence-corrected chi connectivity index (χ0v) is 15.2. The molecule has 0 radical (unpaired) electrons. The molecule has 2 rings (SSSR count). The van der Waals surface area contributed by atoms with Crippen LogP contribution in [-0.4, -0.2) is 35.2 Å². The van der Waals surface area contributed by atoms with Crippen LogP contribution < -0.4 is 5.32 Å². The molecule has 2 aliphatic carbocycles. The molecule has 2 saturated carbocycles. The smallest absolute Gasteiger partial charge is 0.407 e. The quantitative estimate of drug-likeness (QED) is 0.712. The molecule has 0 aromatic rings. The Morgan fingerprint density at radius 2 is 1.76 bits per heavy atom. The molecule has 0 saturated heterocycles. The molecule has 0 spiro atoms. The summed E-state index contributed by atoms with van der Waals surface area (Å²) in [4.78, 5) is 24.0. The van der Waals surface area contributed by atoms with Gasteiger partial charge in [0, 0.05) is 19.4 Å². The maximum atomic E-state index is 13.5. The summed E-state index contributed by atoms with van der Waals surface area (Å²) in [6.07, 6.45) is 1.72. The van der Waals surface area contributed by atoms with E-state index in [0.29, 0.717) is 18.8 Å². The lowest BCUT2D eigenvalue weighted by atomic mass is 9.74. The van der Waals surface area contributed by atoms with Gasteiger partial charge in [-0.25, -0.2) is 13.6 Å². The van der Waals surface area contributed by atoms with Gasteiger partial charge in [0.1, 0.15) is 5.60 Å². The van der Waals surface area contributed by atoms with Crippen molar-refractivity contribution in [2.24, 2.45) is 17.3 Å². The second-order valence-corrected chi connectivity index (χ2v) is 8.76. The minimum Gasteiger partial charge on any atom is -0.481 e. The van der Waals surface area contributed by atoms with Gasteiger partial charge in [0.15, 0.2) is 0 Å². The van der Waals surface area contributed by atoms with Crippen LogP contribution in [0.15, 0.2) is 0 Å². The molecule has 5 nitrogen and oxygen atoms in total. The van der Waals surface area contributed by atoms with Gasteiger partial charge in [-0.2, -0.15) is 0 Å². The van der Waals surface area contributed by atoms with Gasteiger partial charge in [-0.15, -0.1) is 0 Å². The van der Waals surface area contributed by atoms with Crippen LogP contribution in [0.4, 0.5) is 13.6 Å². The molecular weight excluding hydrogens is 332 g/mol. The highest BCUT2D eigenvalue weighted by Crippen LogP contribution is 2.48. The summed E-state index contributed by atoms with van der Waals surface area (Å²) in [5.41, 5.74) is -1.89. The number of rotatable bonds is 7. The highest BCUT2D eigenvalue weighted by atomic mass is 19.3. The minimum atomic E-state index is -2.70. The van der Waals surface area contributed by atoms with Gasteiger partial charge in [-0.3, -0.25) is 4.79 Å². The van der Waals surface area contributed by atoms with Crippen LogP contribution >= 0.6 is 0 Å². The summed E-state index contributed by atoms with van der Waals surface area (Å²) in [6, 6.07) is 0. The summed E-state index contributed by atoms with van der Waals surface area (Å²) < 4.78 is 32.2. The van der Waals surface area contributed by atoms with Crippen molar-refractivity contribution < 1.29 is 28.2 Å². The summed E-state index contributed by atoms with van der Waals surface area (Å²) in [5, 5.41) is 12.4. The van der Waals surface area contributed by atoms with Gasteiger partial charge in [0.2, 0.25) is 5.92 Å². The van der Waals surface area contributed by atoms with Crippen molar-refractivity contribution in [2.75, 3.05) is 6.54 Å². The van der Waals surface area contributed by atoms with E-state index in [4.69, 9.17) is 4.74 Å². The molecule has 2 aliphatic rings. The third-order valence-electron chi connectivity index (χ3n) is 4.99. The zero-order chi connectivity index (χ0) is 18.9. The molecular formula is C18H29F2NO4. The molecule has 0 bridgehead atoms. The van der Waals surface area contributed by atoms with E-state index < -0.39 is 29.0 Å². The van der Waals surface area contributed by atoms with Crippen molar-refractivity contribution in [2.45, 2.75) is 77.2 Å². The number of carboxylic acids is 1. The lowest BCUT2D eigenvalue weighted by Crippen LogP contribution is -2.46. The van der Waals surface area contributed by atoms with Crippen molar-refractivity contribution in [3.05, 3.63) is 0 Å². The number of nitrogens with one attached hydrogen (secondary N) is 1. The van der Waals surface area contributed by atoms with Crippen molar-refractivity contribution in [1.82, 2.24) is 5.32 Å². The van der Waals surface area contributed by atoms with E-state index in [9.17, 15) is 23.5 Å². The topological polar surface area (TPSA) is 75.6 Å². The largest absolute Gasteiger partial charge is 0.481 e. The van der Waals surface area contributed by atoms with Crippen LogP contribution in [-0.2, 0) is 9.53 Å². The zero-order valence-electron chi connectivity index (χ0n) is 15.2. The maximum absolute atomic E-state index is 13.5. The number of carbonyl (C=O) groups excluding carboxylic acids is 1. The molecule has 0 aromatic carbocycles. The first kappa shape index (κ1) is 19.9. The second kappa shape index (κ2) is 7.08. The fraction of sp³-hybridized carbons (Fsp3) is 0.889. The SMILES string of the molecule is CC(C)(C)OC(=O)NCC(CC1CC1)(CC1CCC(F)(F)C1)C(=O)O. The molecule has 25 heavy (non-hydrogen) atoms. The lowest BCUT2D eigenvalue weighted by molar-refractivity contribution is -0.151. The predicted octanol–water partition coefficient (Wildman–Crippen LogP) is 4.21. The Kier molecular flexibility index (Phi) is 5.64. The van der Waals surface area contributed by atoms with Gasteiger partial charge in [-0.1, -0.05) is 12.8 Å². The Bertz CT molecular complexity index is 514. The first-order chi connectivity index (χ1) is 11.4. The first-order valence-electron chi connectivity index (χ1n) is 8.99. The number of carboxylic acid groups (broad SMARTS) is 1. The molecule has 2 atom stereocenters. The number of amides is 1. The van der Waals surface area contributed by atoms with E-state index in [2.05, 4.69) is 5.32 Å². The van der Waals surface area contributed by atoms with Gasteiger partial charge in [0.25, 0.3) is 0 Å². The molecule has 0 heterocycles. The highest BCUT2D eigenvalue weighted by Gasteiger charge is 2.48. The fourth-order valence-corrected chi connectivity index (χ4v) is 3.68. The molecule has 2 fully saturated rings. The molecule has 2 N–H and O–H groups in total. The number of ether oxygens (including phenoxy) is 1. The highest BCUT2D eigenvalue weighted by molar-refractivity contribution is 5.76. The van der Waals surface area contributed by atoms with Crippen LogP contribution in [0, 0.1) is 17.3 Å². The van der Waals surface area contributed by atoms with Crippen LogP contribution in [0.1, 0.15) is 65.7 Å². The number of halogens is 2. The molecule has 0 aliphatic heterocycles. The van der Waals surface area contributed by atoms with Gasteiger partial charge in [-0.05, 0) is 51.9 Å². The molecule has 144 valence electrons. The van der Waals surface area contributed by atoms with Gasteiger partial charge in [0.05, 0.1) is 5.41 Å². The summed E-state index contributed by atoms with van der Waals surface area (Å²) in [5.74, 6) is -3.75. The number of hydrogen-bond donors (Lipinski definition) is 2. The standard InChI is InChI=1S/C18H29F2NO4/c1-16(2,3)25-15(24)21-11-17(14(22)23,8-12-4-5-12)9-13-6-7-18(19,20)10-13/h12-13H,4-11H2,1-3H3,(H,21,24)(H,22,23). The summed E-state index contributed by atoms with van der Waals surface area (Å²) >= 11 is 0. The number of aliphatic carboxylic acids is 1. The van der Waals surface area contributed by atoms with Crippen LogP contribution in [0.3, 0.4) is 0 Å². The molecule has 0 aromatic heterocycles. The monoisotopic (exact) mass is 361 g/mol. The van der Waals surface area contributed by atoms with Gasteiger partial charge < -0.3 is 15.2 Å². The summed E-state index contributed by atoms with van der Waals surface area (Å²) in [7, 11) is 0. The Morgan fingerprint density at radius 1 is 1.16 bits per heavy atom.